The van der Waals surface area contributed by atoms with Crippen LogP contribution in [0.4, 0.5) is 0 Å². The molecule has 20 heavy (non-hydrogen) atoms. The Morgan fingerprint density at radius 1 is 1.50 bits per heavy atom. The van der Waals surface area contributed by atoms with Crippen LogP contribution in [0.15, 0.2) is 22.8 Å². The second-order valence-corrected chi connectivity index (χ2v) is 6.91. The van der Waals surface area contributed by atoms with Crippen molar-refractivity contribution in [1.29, 1.82) is 0 Å². The number of aryl methyl sites for hydroxylation is 2. The van der Waals surface area contributed by atoms with Gasteiger partial charge in [0, 0.05) is 30.8 Å². The van der Waals surface area contributed by atoms with Crippen molar-refractivity contribution in [1.82, 2.24) is 19.5 Å². The maximum absolute atomic E-state index is 12.1. The summed E-state index contributed by atoms with van der Waals surface area (Å²) in [7, 11) is -3.57. The van der Waals surface area contributed by atoms with Crippen LogP contribution in [0.1, 0.15) is 17.0 Å². The van der Waals surface area contributed by atoms with Gasteiger partial charge in [-0.25, -0.2) is 18.1 Å². The molecule has 0 bridgehead atoms. The summed E-state index contributed by atoms with van der Waals surface area (Å²) in [5.41, 5.74) is 2.52. The Kier molecular flexibility index (Phi) is 4.86. The van der Waals surface area contributed by atoms with Gasteiger partial charge in [0.25, 0.3) is 0 Å². The standard InChI is InChI=1S/C11H16N4O3S2/c1-9-11(19-8-12-9)6-14-20(17,18)10-5-13-15(7-10)3-2-4-16/h5,7-8,14,16H,2-4,6H2,1H3. The van der Waals surface area contributed by atoms with Crippen molar-refractivity contribution in [3.8, 4) is 0 Å². The molecule has 0 fully saturated rings. The second kappa shape index (κ2) is 6.44. The molecular weight excluding hydrogens is 300 g/mol. The molecule has 2 aromatic rings. The van der Waals surface area contributed by atoms with E-state index < -0.39 is 10.0 Å². The average Bonchev–Trinajstić information content (AvgIpc) is 3.03. The molecule has 9 heteroatoms. The van der Waals surface area contributed by atoms with Crippen LogP contribution >= 0.6 is 11.3 Å². The molecule has 0 aliphatic heterocycles. The first-order valence-corrected chi connectivity index (χ1v) is 8.41. The number of hydrogen-bond acceptors (Lipinski definition) is 6. The molecule has 0 amide bonds. The summed E-state index contributed by atoms with van der Waals surface area (Å²) in [4.78, 5) is 5.08. The fourth-order valence-corrected chi connectivity index (χ4v) is 3.33. The van der Waals surface area contributed by atoms with Crippen LogP contribution in [0.5, 0.6) is 0 Å². The van der Waals surface area contributed by atoms with Crippen LogP contribution in [0, 0.1) is 6.92 Å². The first-order valence-electron chi connectivity index (χ1n) is 6.05. The van der Waals surface area contributed by atoms with Crippen LogP contribution in [-0.2, 0) is 23.1 Å². The molecule has 2 rings (SSSR count). The molecule has 7 nitrogen and oxygen atoms in total. The van der Waals surface area contributed by atoms with Gasteiger partial charge < -0.3 is 5.11 Å². The minimum absolute atomic E-state index is 0.0465. The predicted octanol–water partition coefficient (Wildman–Crippen LogP) is 0.509. The van der Waals surface area contributed by atoms with E-state index in [0.717, 1.165) is 10.6 Å². The molecule has 0 spiro atoms. The Morgan fingerprint density at radius 3 is 2.95 bits per heavy atom. The molecule has 0 radical (unpaired) electrons. The number of aliphatic hydroxyl groups is 1. The molecular formula is C11H16N4O3S2. The summed E-state index contributed by atoms with van der Waals surface area (Å²) in [6, 6.07) is 0. The number of aromatic nitrogens is 3. The Hall–Kier alpha value is -1.29. The first-order chi connectivity index (χ1) is 9.53. The largest absolute Gasteiger partial charge is 0.396 e. The molecule has 2 aromatic heterocycles. The molecule has 0 atom stereocenters. The van der Waals surface area contributed by atoms with Gasteiger partial charge in [-0.15, -0.1) is 11.3 Å². The fraction of sp³-hybridized carbons (Fsp3) is 0.455. The molecule has 2 N–H and O–H groups in total. The highest BCUT2D eigenvalue weighted by Gasteiger charge is 2.17. The number of nitrogens with zero attached hydrogens (tertiary/aromatic N) is 3. The van der Waals surface area contributed by atoms with Gasteiger partial charge in [-0.3, -0.25) is 4.68 Å². The summed E-state index contributed by atoms with van der Waals surface area (Å²) in [5.74, 6) is 0. The highest BCUT2D eigenvalue weighted by molar-refractivity contribution is 7.89. The SMILES string of the molecule is Cc1ncsc1CNS(=O)(=O)c1cnn(CCCO)c1. The lowest BCUT2D eigenvalue weighted by Crippen LogP contribution is -2.22. The van der Waals surface area contributed by atoms with Gasteiger partial charge in [-0.05, 0) is 13.3 Å². The van der Waals surface area contributed by atoms with E-state index in [1.54, 1.807) is 5.51 Å². The molecule has 0 aliphatic rings. The van der Waals surface area contributed by atoms with Crippen LogP contribution in [-0.4, -0.2) is 34.9 Å². The Labute approximate surface area is 121 Å². The van der Waals surface area contributed by atoms with Crippen molar-refractivity contribution < 1.29 is 13.5 Å². The smallest absolute Gasteiger partial charge is 0.244 e. The zero-order valence-electron chi connectivity index (χ0n) is 11.0. The Bertz CT molecular complexity index is 663. The average molecular weight is 316 g/mol. The molecule has 0 saturated carbocycles. The van der Waals surface area contributed by atoms with Crippen molar-refractivity contribution in [3.63, 3.8) is 0 Å². The molecule has 110 valence electrons. The third kappa shape index (κ3) is 3.63. The summed E-state index contributed by atoms with van der Waals surface area (Å²) in [5, 5.41) is 12.7. The van der Waals surface area contributed by atoms with Gasteiger partial charge in [-0.2, -0.15) is 5.10 Å². The summed E-state index contributed by atoms with van der Waals surface area (Å²) < 4.78 is 28.2. The molecule has 0 aromatic carbocycles. The van der Waals surface area contributed by atoms with E-state index in [1.165, 1.54) is 28.4 Å². The predicted molar refractivity (Wildman–Crippen MR) is 74.8 cm³/mol. The first kappa shape index (κ1) is 15.1. The molecule has 2 heterocycles. The lowest BCUT2D eigenvalue weighted by molar-refractivity contribution is 0.277. The van der Waals surface area contributed by atoms with Crippen molar-refractivity contribution in [2.75, 3.05) is 6.61 Å². The van der Waals surface area contributed by atoms with Gasteiger partial charge >= 0.3 is 0 Å². The second-order valence-electron chi connectivity index (χ2n) is 4.20. The lowest BCUT2D eigenvalue weighted by Gasteiger charge is -2.03. The number of thiazole rings is 1. The third-order valence-corrected chi connectivity index (χ3v) is 5.02. The van der Waals surface area contributed by atoms with Crippen molar-refractivity contribution in [2.45, 2.75) is 31.3 Å². The number of hydrogen-bond donors (Lipinski definition) is 2. The maximum Gasteiger partial charge on any atom is 0.244 e. The van der Waals surface area contributed by atoms with Gasteiger partial charge in [0.15, 0.2) is 0 Å². The number of rotatable bonds is 7. The topological polar surface area (TPSA) is 97.1 Å². The van der Waals surface area contributed by atoms with E-state index in [9.17, 15) is 8.42 Å². The zero-order chi connectivity index (χ0) is 14.6. The maximum atomic E-state index is 12.1. The highest BCUT2D eigenvalue weighted by atomic mass is 32.2. The highest BCUT2D eigenvalue weighted by Crippen LogP contribution is 2.14. The molecule has 0 aliphatic carbocycles. The third-order valence-electron chi connectivity index (χ3n) is 2.73. The van der Waals surface area contributed by atoms with Gasteiger partial charge in [0.2, 0.25) is 10.0 Å². The summed E-state index contributed by atoms with van der Waals surface area (Å²) in [6.45, 7) is 2.60. The van der Waals surface area contributed by atoms with E-state index in [4.69, 9.17) is 5.11 Å². The van der Waals surface area contributed by atoms with Gasteiger partial charge in [0.05, 0.1) is 17.4 Å². The quantitative estimate of drug-likeness (QED) is 0.775. The summed E-state index contributed by atoms with van der Waals surface area (Å²) >= 11 is 1.42. The minimum Gasteiger partial charge on any atom is -0.396 e. The van der Waals surface area contributed by atoms with Crippen molar-refractivity contribution in [3.05, 3.63) is 28.5 Å². The number of sulfonamides is 1. The fourth-order valence-electron chi connectivity index (χ4n) is 1.58. The number of aliphatic hydroxyl groups excluding tert-OH is 1. The van der Waals surface area contributed by atoms with E-state index in [0.29, 0.717) is 13.0 Å². The number of nitrogens with one attached hydrogen (secondary N) is 1. The minimum atomic E-state index is -3.57. The van der Waals surface area contributed by atoms with Crippen molar-refractivity contribution >= 4 is 21.4 Å². The van der Waals surface area contributed by atoms with Crippen LogP contribution in [0.2, 0.25) is 0 Å². The Morgan fingerprint density at radius 2 is 2.30 bits per heavy atom. The van der Waals surface area contributed by atoms with Gasteiger partial charge in [0.1, 0.15) is 4.90 Å². The Balaban J connectivity index is 2.03. The van der Waals surface area contributed by atoms with Crippen LogP contribution < -0.4 is 4.72 Å². The molecule has 0 unspecified atom stereocenters. The normalized spacial score (nSPS) is 11.9. The molecule has 0 saturated heterocycles. The van der Waals surface area contributed by atoms with E-state index in [2.05, 4.69) is 14.8 Å². The monoisotopic (exact) mass is 316 g/mol. The van der Waals surface area contributed by atoms with Gasteiger partial charge in [-0.1, -0.05) is 0 Å². The lowest BCUT2D eigenvalue weighted by atomic mass is 10.4. The van der Waals surface area contributed by atoms with Crippen LogP contribution in [0.25, 0.3) is 0 Å². The van der Waals surface area contributed by atoms with Crippen molar-refractivity contribution in [2.24, 2.45) is 0 Å². The zero-order valence-corrected chi connectivity index (χ0v) is 12.6. The summed E-state index contributed by atoms with van der Waals surface area (Å²) in [6.07, 6.45) is 3.30. The van der Waals surface area contributed by atoms with Crippen LogP contribution in [0.3, 0.4) is 0 Å². The van der Waals surface area contributed by atoms with E-state index >= 15 is 0 Å². The van der Waals surface area contributed by atoms with E-state index in [1.807, 2.05) is 6.92 Å². The van der Waals surface area contributed by atoms with E-state index in [-0.39, 0.29) is 18.0 Å².